The van der Waals surface area contributed by atoms with Crippen molar-refractivity contribution >= 4 is 17.6 Å². The van der Waals surface area contributed by atoms with Gasteiger partial charge in [0.1, 0.15) is 0 Å². The normalized spacial score (nSPS) is 16.0. The van der Waals surface area contributed by atoms with Gasteiger partial charge in [-0.3, -0.25) is 14.3 Å². The average Bonchev–Trinajstić information content (AvgIpc) is 2.88. The second-order valence-electron chi connectivity index (χ2n) is 5.11. The minimum atomic E-state index is -0.167. The topological polar surface area (TPSA) is 90.5 Å². The Labute approximate surface area is 124 Å². The lowest BCUT2D eigenvalue weighted by molar-refractivity contribution is -0.149. The Bertz CT molecular complexity index is 518. The van der Waals surface area contributed by atoms with E-state index in [1.807, 2.05) is 6.92 Å². The largest absolute Gasteiger partial charge is 0.466 e. The molecule has 7 nitrogen and oxygen atoms in total. The van der Waals surface area contributed by atoms with Gasteiger partial charge in [0.15, 0.2) is 5.69 Å². The van der Waals surface area contributed by atoms with Crippen LogP contribution in [0, 0.1) is 5.92 Å². The molecular weight excluding hydrogens is 272 g/mol. The van der Waals surface area contributed by atoms with E-state index in [1.165, 1.54) is 0 Å². The van der Waals surface area contributed by atoms with E-state index in [-0.39, 0.29) is 17.8 Å². The molecule has 0 aliphatic carbocycles. The number of amides is 1. The van der Waals surface area contributed by atoms with Crippen LogP contribution in [0.2, 0.25) is 0 Å². The number of hydrogen-bond donors (Lipinski definition) is 1. The molecule has 0 bridgehead atoms. The molecule has 1 aliphatic rings. The van der Waals surface area contributed by atoms with Crippen molar-refractivity contribution in [2.24, 2.45) is 5.92 Å². The fourth-order valence-corrected chi connectivity index (χ4v) is 2.49. The number of nitrogen functional groups attached to an aromatic ring is 1. The highest BCUT2D eigenvalue weighted by atomic mass is 16.5. The summed E-state index contributed by atoms with van der Waals surface area (Å²) in [4.78, 5) is 25.8. The van der Waals surface area contributed by atoms with Gasteiger partial charge < -0.3 is 15.4 Å². The summed E-state index contributed by atoms with van der Waals surface area (Å²) in [6.45, 7) is 5.85. The average molecular weight is 294 g/mol. The summed E-state index contributed by atoms with van der Waals surface area (Å²) in [5.74, 6) is -0.444. The van der Waals surface area contributed by atoms with E-state index < -0.39 is 0 Å². The van der Waals surface area contributed by atoms with Crippen LogP contribution in [0.3, 0.4) is 0 Å². The van der Waals surface area contributed by atoms with Gasteiger partial charge in [-0.25, -0.2) is 0 Å². The van der Waals surface area contributed by atoms with Crippen LogP contribution in [0.1, 0.15) is 37.2 Å². The summed E-state index contributed by atoms with van der Waals surface area (Å²) in [7, 11) is 0. The number of carbonyl (C=O) groups is 2. The lowest BCUT2D eigenvalue weighted by atomic mass is 9.97. The SMILES string of the molecule is CCOC(=O)C1CCN(C(=O)c2nn(CC)cc2N)CC1. The van der Waals surface area contributed by atoms with Gasteiger partial charge in [-0.05, 0) is 26.7 Å². The molecule has 21 heavy (non-hydrogen) atoms. The molecule has 0 radical (unpaired) electrons. The van der Waals surface area contributed by atoms with E-state index in [2.05, 4.69) is 5.10 Å². The first-order chi connectivity index (χ1) is 10.1. The van der Waals surface area contributed by atoms with Crippen LogP contribution >= 0.6 is 0 Å². The third-order valence-electron chi connectivity index (χ3n) is 3.72. The molecule has 7 heteroatoms. The molecule has 1 aromatic heterocycles. The standard InChI is InChI=1S/C14H22N4O3/c1-3-18-9-11(15)12(16-18)13(19)17-7-5-10(6-8-17)14(20)21-4-2/h9-10H,3-8,15H2,1-2H3. The van der Waals surface area contributed by atoms with E-state index in [1.54, 1.807) is 22.7 Å². The van der Waals surface area contributed by atoms with Gasteiger partial charge in [0.25, 0.3) is 5.91 Å². The van der Waals surface area contributed by atoms with Gasteiger partial charge in [0, 0.05) is 25.8 Å². The maximum atomic E-state index is 12.4. The molecule has 1 fully saturated rings. The Balaban J connectivity index is 1.96. The predicted molar refractivity (Wildman–Crippen MR) is 77.6 cm³/mol. The molecule has 1 aliphatic heterocycles. The second-order valence-corrected chi connectivity index (χ2v) is 5.11. The van der Waals surface area contributed by atoms with Crippen molar-refractivity contribution in [1.29, 1.82) is 0 Å². The zero-order valence-corrected chi connectivity index (χ0v) is 12.5. The molecule has 2 rings (SSSR count). The predicted octanol–water partition coefficient (Wildman–Crippen LogP) is 0.900. The molecule has 0 spiro atoms. The van der Waals surface area contributed by atoms with Gasteiger partial charge in [-0.15, -0.1) is 0 Å². The van der Waals surface area contributed by atoms with Crippen molar-refractivity contribution in [3.63, 3.8) is 0 Å². The first kappa shape index (κ1) is 15.3. The maximum absolute atomic E-state index is 12.4. The first-order valence-corrected chi connectivity index (χ1v) is 7.35. The molecular formula is C14H22N4O3. The molecule has 0 unspecified atom stereocenters. The van der Waals surface area contributed by atoms with Crippen molar-refractivity contribution in [3.8, 4) is 0 Å². The third-order valence-corrected chi connectivity index (χ3v) is 3.72. The number of likely N-dealkylation sites (tertiary alicyclic amines) is 1. The quantitative estimate of drug-likeness (QED) is 0.833. The smallest absolute Gasteiger partial charge is 0.309 e. The lowest BCUT2D eigenvalue weighted by Gasteiger charge is -2.30. The van der Waals surface area contributed by atoms with Gasteiger partial charge in [0.05, 0.1) is 18.2 Å². The third kappa shape index (κ3) is 3.34. The minimum Gasteiger partial charge on any atom is -0.466 e. The van der Waals surface area contributed by atoms with Gasteiger partial charge in [-0.1, -0.05) is 0 Å². The van der Waals surface area contributed by atoms with Gasteiger partial charge in [-0.2, -0.15) is 5.10 Å². The van der Waals surface area contributed by atoms with Crippen LogP contribution < -0.4 is 5.73 Å². The number of rotatable bonds is 4. The highest BCUT2D eigenvalue weighted by Gasteiger charge is 2.30. The number of esters is 1. The molecule has 1 aromatic rings. The number of anilines is 1. The molecule has 2 heterocycles. The summed E-state index contributed by atoms with van der Waals surface area (Å²) in [5, 5.41) is 4.20. The summed E-state index contributed by atoms with van der Waals surface area (Å²) in [6, 6.07) is 0. The first-order valence-electron chi connectivity index (χ1n) is 7.35. The molecule has 0 aromatic carbocycles. The summed E-state index contributed by atoms with van der Waals surface area (Å²) < 4.78 is 6.67. The van der Waals surface area contributed by atoms with Gasteiger partial charge >= 0.3 is 5.97 Å². The van der Waals surface area contributed by atoms with Crippen LogP contribution in [0.15, 0.2) is 6.20 Å². The van der Waals surface area contributed by atoms with Crippen molar-refractivity contribution in [1.82, 2.24) is 14.7 Å². The van der Waals surface area contributed by atoms with Crippen LogP contribution in [0.25, 0.3) is 0 Å². The summed E-state index contributed by atoms with van der Waals surface area (Å²) in [6.07, 6.45) is 2.91. The number of aromatic nitrogens is 2. The van der Waals surface area contributed by atoms with Crippen LogP contribution in [-0.2, 0) is 16.1 Å². The zero-order valence-electron chi connectivity index (χ0n) is 12.5. The second kappa shape index (κ2) is 6.60. The Hall–Kier alpha value is -2.05. The molecule has 1 saturated heterocycles. The van der Waals surface area contributed by atoms with E-state index in [0.717, 1.165) is 0 Å². The van der Waals surface area contributed by atoms with Crippen LogP contribution in [0.5, 0.6) is 0 Å². The highest BCUT2D eigenvalue weighted by molar-refractivity contribution is 5.97. The van der Waals surface area contributed by atoms with E-state index in [0.29, 0.717) is 50.5 Å². The number of ether oxygens (including phenoxy) is 1. The summed E-state index contributed by atoms with van der Waals surface area (Å²) in [5.41, 5.74) is 6.53. The van der Waals surface area contributed by atoms with Gasteiger partial charge in [0.2, 0.25) is 0 Å². The van der Waals surface area contributed by atoms with E-state index in [9.17, 15) is 9.59 Å². The Morgan fingerprint density at radius 2 is 2.05 bits per heavy atom. The Morgan fingerprint density at radius 1 is 1.38 bits per heavy atom. The fourth-order valence-electron chi connectivity index (χ4n) is 2.49. The van der Waals surface area contributed by atoms with E-state index >= 15 is 0 Å². The van der Waals surface area contributed by atoms with Crippen molar-refractivity contribution in [3.05, 3.63) is 11.9 Å². The number of piperidine rings is 1. The zero-order chi connectivity index (χ0) is 15.4. The number of aryl methyl sites for hydroxylation is 1. The molecule has 0 saturated carbocycles. The Morgan fingerprint density at radius 3 is 2.57 bits per heavy atom. The Kier molecular flexibility index (Phi) is 4.82. The van der Waals surface area contributed by atoms with Crippen LogP contribution in [-0.4, -0.2) is 46.3 Å². The monoisotopic (exact) mass is 294 g/mol. The van der Waals surface area contributed by atoms with Crippen molar-refractivity contribution < 1.29 is 14.3 Å². The maximum Gasteiger partial charge on any atom is 0.309 e. The number of nitrogens with two attached hydrogens (primary N) is 1. The molecule has 2 N–H and O–H groups in total. The van der Waals surface area contributed by atoms with Crippen LogP contribution in [0.4, 0.5) is 5.69 Å². The van der Waals surface area contributed by atoms with Crippen molar-refractivity contribution in [2.75, 3.05) is 25.4 Å². The van der Waals surface area contributed by atoms with E-state index in [4.69, 9.17) is 10.5 Å². The summed E-state index contributed by atoms with van der Waals surface area (Å²) >= 11 is 0. The van der Waals surface area contributed by atoms with Crippen molar-refractivity contribution in [2.45, 2.75) is 33.2 Å². The number of nitrogens with zero attached hydrogens (tertiary/aromatic N) is 3. The lowest BCUT2D eigenvalue weighted by Crippen LogP contribution is -2.41. The molecule has 0 atom stereocenters. The fraction of sp³-hybridized carbons (Fsp3) is 0.643. The number of hydrogen-bond acceptors (Lipinski definition) is 5. The minimum absolute atomic E-state index is 0.112. The highest BCUT2D eigenvalue weighted by Crippen LogP contribution is 2.21. The molecule has 116 valence electrons. The number of carbonyl (C=O) groups excluding carboxylic acids is 2. The molecule has 1 amide bonds.